The monoisotopic (exact) mass is 256 g/mol. The van der Waals surface area contributed by atoms with Crippen LogP contribution in [0.3, 0.4) is 0 Å². The Labute approximate surface area is 104 Å². The van der Waals surface area contributed by atoms with Gasteiger partial charge in [-0.3, -0.25) is 5.32 Å². The van der Waals surface area contributed by atoms with Gasteiger partial charge in [-0.15, -0.1) is 0 Å². The Hall–Kier alpha value is -1.14. The third-order valence-corrected chi connectivity index (χ3v) is 3.23. The summed E-state index contributed by atoms with van der Waals surface area (Å²) in [4.78, 5) is 16.9. The highest BCUT2D eigenvalue weighted by molar-refractivity contribution is 7.16. The molecule has 0 aliphatic carbocycles. The normalized spacial score (nSPS) is 18.9. The number of thiazole rings is 1. The van der Waals surface area contributed by atoms with Gasteiger partial charge in [0, 0.05) is 0 Å². The number of epoxide rings is 1. The molecule has 1 aliphatic heterocycles. The average molecular weight is 256 g/mol. The van der Waals surface area contributed by atoms with Gasteiger partial charge in [0.25, 0.3) is 0 Å². The van der Waals surface area contributed by atoms with Crippen molar-refractivity contribution in [2.45, 2.75) is 39.4 Å². The van der Waals surface area contributed by atoms with Crippen molar-refractivity contribution in [1.29, 1.82) is 0 Å². The molecule has 6 heteroatoms. The number of carbonyl (C=O) groups is 1. The van der Waals surface area contributed by atoms with Crippen LogP contribution in [-0.4, -0.2) is 23.3 Å². The lowest BCUT2D eigenvalue weighted by molar-refractivity contribution is 0.0636. The van der Waals surface area contributed by atoms with Crippen molar-refractivity contribution in [3.8, 4) is 0 Å². The lowest BCUT2D eigenvalue weighted by Crippen LogP contribution is -2.27. The summed E-state index contributed by atoms with van der Waals surface area (Å²) in [5.74, 6) is 0. The summed E-state index contributed by atoms with van der Waals surface area (Å²) in [5, 5.41) is 3.19. The second kappa shape index (κ2) is 4.27. The molecule has 1 amide bonds. The van der Waals surface area contributed by atoms with Crippen molar-refractivity contribution in [1.82, 2.24) is 4.98 Å². The molecule has 0 bridgehead atoms. The van der Waals surface area contributed by atoms with E-state index in [9.17, 15) is 4.79 Å². The van der Waals surface area contributed by atoms with Gasteiger partial charge >= 0.3 is 6.09 Å². The highest BCUT2D eigenvalue weighted by atomic mass is 32.1. The van der Waals surface area contributed by atoms with Crippen LogP contribution in [0.15, 0.2) is 0 Å². The Balaban J connectivity index is 1.99. The van der Waals surface area contributed by atoms with E-state index in [4.69, 9.17) is 9.47 Å². The van der Waals surface area contributed by atoms with E-state index < -0.39 is 11.7 Å². The molecule has 1 N–H and O–H groups in total. The first-order valence-electron chi connectivity index (χ1n) is 5.44. The Morgan fingerprint density at radius 3 is 2.76 bits per heavy atom. The molecule has 0 unspecified atom stereocenters. The molecule has 1 atom stereocenters. The fourth-order valence-corrected chi connectivity index (χ4v) is 2.34. The first kappa shape index (κ1) is 12.3. The molecule has 0 saturated carbocycles. The summed E-state index contributed by atoms with van der Waals surface area (Å²) in [5.41, 5.74) is 0.405. The van der Waals surface area contributed by atoms with E-state index in [1.54, 1.807) is 0 Å². The van der Waals surface area contributed by atoms with E-state index in [0.717, 1.165) is 17.2 Å². The predicted molar refractivity (Wildman–Crippen MR) is 65.4 cm³/mol. The van der Waals surface area contributed by atoms with Crippen LogP contribution >= 0.6 is 11.3 Å². The molecule has 2 rings (SSSR count). The minimum absolute atomic E-state index is 0.168. The van der Waals surface area contributed by atoms with Gasteiger partial charge in [0.15, 0.2) is 5.13 Å². The predicted octanol–water partition coefficient (Wildman–Crippen LogP) is 2.87. The van der Waals surface area contributed by atoms with Crippen LogP contribution in [-0.2, 0) is 9.47 Å². The summed E-state index contributed by atoms with van der Waals surface area (Å²) in [6, 6.07) is 0. The number of aryl methyl sites for hydroxylation is 1. The van der Waals surface area contributed by atoms with E-state index in [-0.39, 0.29) is 6.10 Å². The molecule has 17 heavy (non-hydrogen) atoms. The van der Waals surface area contributed by atoms with Crippen molar-refractivity contribution in [3.05, 3.63) is 10.6 Å². The van der Waals surface area contributed by atoms with Gasteiger partial charge in [-0.05, 0) is 27.7 Å². The van der Waals surface area contributed by atoms with Crippen molar-refractivity contribution in [2.75, 3.05) is 11.9 Å². The van der Waals surface area contributed by atoms with Crippen molar-refractivity contribution in [2.24, 2.45) is 0 Å². The molecule has 5 nitrogen and oxygen atoms in total. The fraction of sp³-hybridized carbons (Fsp3) is 0.636. The van der Waals surface area contributed by atoms with E-state index in [2.05, 4.69) is 10.3 Å². The number of amides is 1. The molecule has 1 fully saturated rings. The summed E-state index contributed by atoms with van der Waals surface area (Å²) in [6.45, 7) is 8.12. The summed E-state index contributed by atoms with van der Waals surface area (Å²) < 4.78 is 10.4. The van der Waals surface area contributed by atoms with E-state index >= 15 is 0 Å². The molecular weight excluding hydrogens is 240 g/mol. The second-order valence-electron chi connectivity index (χ2n) is 4.92. The van der Waals surface area contributed by atoms with Crippen LogP contribution < -0.4 is 5.32 Å². The number of carbonyl (C=O) groups excluding carboxylic acids is 1. The second-order valence-corrected chi connectivity index (χ2v) is 5.95. The minimum Gasteiger partial charge on any atom is -0.444 e. The highest BCUT2D eigenvalue weighted by Crippen LogP contribution is 2.37. The number of anilines is 1. The molecule has 0 radical (unpaired) electrons. The van der Waals surface area contributed by atoms with Crippen molar-refractivity contribution < 1.29 is 14.3 Å². The topological polar surface area (TPSA) is 63.8 Å². The smallest absolute Gasteiger partial charge is 0.413 e. The van der Waals surface area contributed by atoms with E-state index in [0.29, 0.717) is 5.13 Å². The maximum Gasteiger partial charge on any atom is 0.413 e. The lowest BCUT2D eigenvalue weighted by Gasteiger charge is -2.18. The first-order chi connectivity index (χ1) is 7.85. The zero-order valence-electron chi connectivity index (χ0n) is 10.4. The van der Waals surface area contributed by atoms with Crippen LogP contribution in [0, 0.1) is 6.92 Å². The zero-order valence-corrected chi connectivity index (χ0v) is 11.2. The number of hydrogen-bond donors (Lipinski definition) is 1. The van der Waals surface area contributed by atoms with Gasteiger partial charge in [-0.2, -0.15) is 0 Å². The Morgan fingerprint density at radius 2 is 2.24 bits per heavy atom. The molecule has 0 aromatic carbocycles. The minimum atomic E-state index is -0.501. The summed E-state index contributed by atoms with van der Waals surface area (Å²) in [6.07, 6.45) is -0.309. The number of aromatic nitrogens is 1. The SMILES string of the molecule is Cc1nc(NC(=O)OC(C)(C)C)sc1[C@H]1CO1. The zero-order chi connectivity index (χ0) is 12.6. The fourth-order valence-electron chi connectivity index (χ4n) is 1.35. The van der Waals surface area contributed by atoms with Gasteiger partial charge in [0.2, 0.25) is 0 Å². The average Bonchev–Trinajstić information content (AvgIpc) is 2.89. The Kier molecular flexibility index (Phi) is 3.09. The van der Waals surface area contributed by atoms with Gasteiger partial charge in [0.05, 0.1) is 17.2 Å². The molecule has 1 aromatic rings. The molecule has 2 heterocycles. The van der Waals surface area contributed by atoms with Crippen molar-refractivity contribution >= 4 is 22.6 Å². The van der Waals surface area contributed by atoms with Crippen LogP contribution in [0.5, 0.6) is 0 Å². The first-order valence-corrected chi connectivity index (χ1v) is 6.26. The maximum atomic E-state index is 11.5. The summed E-state index contributed by atoms with van der Waals surface area (Å²) >= 11 is 1.44. The standard InChI is InChI=1S/C11H16N2O3S/c1-6-8(7-5-15-7)17-9(12-6)13-10(14)16-11(2,3)4/h7H,5H2,1-4H3,(H,12,13,14)/t7-/m1/s1. The van der Waals surface area contributed by atoms with Gasteiger partial charge < -0.3 is 9.47 Å². The van der Waals surface area contributed by atoms with E-state index in [1.165, 1.54) is 11.3 Å². The molecular formula is C11H16N2O3S. The molecule has 1 saturated heterocycles. The molecule has 94 valence electrons. The van der Waals surface area contributed by atoms with Gasteiger partial charge in [-0.1, -0.05) is 11.3 Å². The number of hydrogen-bond acceptors (Lipinski definition) is 5. The number of nitrogens with zero attached hydrogens (tertiary/aromatic N) is 1. The Morgan fingerprint density at radius 1 is 1.59 bits per heavy atom. The van der Waals surface area contributed by atoms with Crippen LogP contribution in [0.4, 0.5) is 9.93 Å². The van der Waals surface area contributed by atoms with Crippen LogP contribution in [0.25, 0.3) is 0 Å². The number of nitrogens with one attached hydrogen (secondary N) is 1. The van der Waals surface area contributed by atoms with Gasteiger partial charge in [0.1, 0.15) is 11.7 Å². The van der Waals surface area contributed by atoms with Crippen LogP contribution in [0.1, 0.15) is 37.4 Å². The maximum absolute atomic E-state index is 11.5. The largest absolute Gasteiger partial charge is 0.444 e. The lowest BCUT2D eigenvalue weighted by atomic mass is 10.2. The molecule has 1 aromatic heterocycles. The molecule has 0 spiro atoms. The molecule has 1 aliphatic rings. The summed E-state index contributed by atoms with van der Waals surface area (Å²) in [7, 11) is 0. The van der Waals surface area contributed by atoms with E-state index in [1.807, 2.05) is 27.7 Å². The van der Waals surface area contributed by atoms with Crippen molar-refractivity contribution in [3.63, 3.8) is 0 Å². The quantitative estimate of drug-likeness (QED) is 0.826. The Bertz CT molecular complexity index is 432. The number of rotatable bonds is 2. The van der Waals surface area contributed by atoms with Gasteiger partial charge in [-0.25, -0.2) is 9.78 Å². The third-order valence-electron chi connectivity index (χ3n) is 2.07. The number of ether oxygens (including phenoxy) is 2. The van der Waals surface area contributed by atoms with Crippen LogP contribution in [0.2, 0.25) is 0 Å². The third kappa shape index (κ3) is 3.41. The highest BCUT2D eigenvalue weighted by Gasteiger charge is 2.30.